The van der Waals surface area contributed by atoms with Gasteiger partial charge in [0.15, 0.2) is 0 Å². The maximum absolute atomic E-state index is 5.94. The molecule has 0 atom stereocenters. The number of aromatic nitrogens is 1. The van der Waals surface area contributed by atoms with Crippen LogP contribution in [0.15, 0.2) is 12.3 Å². The van der Waals surface area contributed by atoms with Crippen LogP contribution >= 0.6 is 11.6 Å². The Bertz CT molecular complexity index is 346. The van der Waals surface area contributed by atoms with Gasteiger partial charge < -0.3 is 5.32 Å². The molecule has 0 bridgehead atoms. The first-order valence-corrected chi connectivity index (χ1v) is 6.49. The second-order valence-electron chi connectivity index (χ2n) is 4.70. The van der Waals surface area contributed by atoms with Crippen LogP contribution in [0.4, 0.5) is 5.82 Å². The van der Waals surface area contributed by atoms with E-state index in [4.69, 9.17) is 11.6 Å². The van der Waals surface area contributed by atoms with Gasteiger partial charge in [0.1, 0.15) is 5.82 Å². The van der Waals surface area contributed by atoms with Crippen LogP contribution in [0, 0.1) is 12.8 Å². The van der Waals surface area contributed by atoms with Crippen molar-refractivity contribution >= 4 is 17.4 Å². The first kappa shape index (κ1) is 11.7. The van der Waals surface area contributed by atoms with Crippen molar-refractivity contribution in [2.75, 3.05) is 11.9 Å². The number of hydrogen-bond donors (Lipinski definition) is 1. The van der Waals surface area contributed by atoms with Crippen LogP contribution in [0.25, 0.3) is 0 Å². The third kappa shape index (κ3) is 3.11. The summed E-state index contributed by atoms with van der Waals surface area (Å²) in [7, 11) is 0. The van der Waals surface area contributed by atoms with E-state index in [0.29, 0.717) is 0 Å². The van der Waals surface area contributed by atoms with E-state index in [2.05, 4.69) is 10.3 Å². The van der Waals surface area contributed by atoms with E-state index in [1.165, 1.54) is 32.1 Å². The van der Waals surface area contributed by atoms with Gasteiger partial charge in [-0.3, -0.25) is 0 Å². The van der Waals surface area contributed by atoms with Crippen molar-refractivity contribution in [2.24, 2.45) is 5.92 Å². The molecule has 16 heavy (non-hydrogen) atoms. The lowest BCUT2D eigenvalue weighted by molar-refractivity contribution is 0.373. The summed E-state index contributed by atoms with van der Waals surface area (Å²) in [5, 5.41) is 4.15. The normalized spacial score (nSPS) is 17.4. The van der Waals surface area contributed by atoms with Crippen molar-refractivity contribution in [3.8, 4) is 0 Å². The highest BCUT2D eigenvalue weighted by Gasteiger charge is 2.13. The average Bonchev–Trinajstić information content (AvgIpc) is 2.32. The number of nitrogens with zero attached hydrogens (tertiary/aromatic N) is 1. The van der Waals surface area contributed by atoms with Crippen LogP contribution in [0.5, 0.6) is 0 Å². The van der Waals surface area contributed by atoms with Crippen molar-refractivity contribution in [1.82, 2.24) is 4.98 Å². The van der Waals surface area contributed by atoms with Crippen LogP contribution in [0.1, 0.15) is 37.7 Å². The topological polar surface area (TPSA) is 24.9 Å². The van der Waals surface area contributed by atoms with Gasteiger partial charge in [0, 0.05) is 12.7 Å². The Morgan fingerprint density at radius 1 is 1.38 bits per heavy atom. The predicted octanol–water partition coefficient (Wildman–Crippen LogP) is 4.04. The molecule has 0 unspecified atom stereocenters. The molecular formula is C13H19ClN2. The van der Waals surface area contributed by atoms with Gasteiger partial charge >= 0.3 is 0 Å². The summed E-state index contributed by atoms with van der Waals surface area (Å²) in [5.41, 5.74) is 1.09. The molecule has 2 nitrogen and oxygen atoms in total. The molecule has 1 aromatic rings. The van der Waals surface area contributed by atoms with Crippen molar-refractivity contribution in [2.45, 2.75) is 39.0 Å². The molecule has 1 fully saturated rings. The quantitative estimate of drug-likeness (QED) is 0.860. The number of anilines is 1. The zero-order chi connectivity index (χ0) is 11.4. The molecule has 1 N–H and O–H groups in total. The molecule has 2 rings (SSSR count). The Balaban J connectivity index is 1.86. The van der Waals surface area contributed by atoms with Gasteiger partial charge in [-0.25, -0.2) is 4.98 Å². The third-order valence-electron chi connectivity index (χ3n) is 3.34. The summed E-state index contributed by atoms with van der Waals surface area (Å²) >= 11 is 5.94. The molecule has 0 amide bonds. The Morgan fingerprint density at radius 3 is 2.81 bits per heavy atom. The zero-order valence-corrected chi connectivity index (χ0v) is 10.6. The molecule has 3 heteroatoms. The third-order valence-corrected chi connectivity index (χ3v) is 3.74. The minimum absolute atomic E-state index is 0.739. The molecule has 1 aliphatic carbocycles. The maximum Gasteiger partial charge on any atom is 0.126 e. The Hall–Kier alpha value is -0.760. The van der Waals surface area contributed by atoms with Gasteiger partial charge in [-0.1, -0.05) is 30.9 Å². The van der Waals surface area contributed by atoms with Crippen LogP contribution in [-0.2, 0) is 0 Å². The van der Waals surface area contributed by atoms with Crippen LogP contribution < -0.4 is 5.32 Å². The van der Waals surface area contributed by atoms with Crippen LogP contribution in [-0.4, -0.2) is 11.5 Å². The highest BCUT2D eigenvalue weighted by atomic mass is 35.5. The first-order chi connectivity index (χ1) is 7.75. The molecule has 0 saturated heterocycles. The molecule has 88 valence electrons. The minimum atomic E-state index is 0.739. The Labute approximate surface area is 102 Å². The summed E-state index contributed by atoms with van der Waals surface area (Å²) in [6, 6.07) is 2.02. The first-order valence-electron chi connectivity index (χ1n) is 6.12. The van der Waals surface area contributed by atoms with Crippen LogP contribution in [0.2, 0.25) is 5.02 Å². The Kier molecular flexibility index (Phi) is 4.05. The highest BCUT2D eigenvalue weighted by molar-refractivity contribution is 6.31. The predicted molar refractivity (Wildman–Crippen MR) is 69.0 cm³/mol. The summed E-state index contributed by atoms with van der Waals surface area (Å²) in [4.78, 5) is 4.28. The maximum atomic E-state index is 5.94. The number of pyridine rings is 1. The van der Waals surface area contributed by atoms with Gasteiger partial charge in [-0.05, 0) is 37.3 Å². The van der Waals surface area contributed by atoms with Crippen molar-refractivity contribution in [3.05, 3.63) is 22.8 Å². The van der Waals surface area contributed by atoms with Gasteiger partial charge in [-0.2, -0.15) is 0 Å². The molecule has 0 radical (unpaired) electrons. The number of aryl methyl sites for hydroxylation is 1. The molecule has 0 aromatic carbocycles. The van der Waals surface area contributed by atoms with E-state index in [9.17, 15) is 0 Å². The van der Waals surface area contributed by atoms with Crippen molar-refractivity contribution in [1.29, 1.82) is 0 Å². The fourth-order valence-electron chi connectivity index (χ4n) is 2.28. The summed E-state index contributed by atoms with van der Waals surface area (Å²) in [6.07, 6.45) is 8.63. The SMILES string of the molecule is Cc1cc(NCC2CCCCC2)ncc1Cl. The fourth-order valence-corrected chi connectivity index (χ4v) is 2.38. The molecule has 1 saturated carbocycles. The van der Waals surface area contributed by atoms with E-state index < -0.39 is 0 Å². The number of hydrogen-bond acceptors (Lipinski definition) is 2. The van der Waals surface area contributed by atoms with Gasteiger partial charge in [0.2, 0.25) is 0 Å². The van der Waals surface area contributed by atoms with Gasteiger partial charge in [0.25, 0.3) is 0 Å². The molecule has 1 heterocycles. The average molecular weight is 239 g/mol. The monoisotopic (exact) mass is 238 g/mol. The molecular weight excluding hydrogens is 220 g/mol. The van der Waals surface area contributed by atoms with E-state index in [1.54, 1.807) is 6.20 Å². The molecule has 0 aliphatic heterocycles. The standard InChI is InChI=1S/C13H19ClN2/c1-10-7-13(16-9-12(10)14)15-8-11-5-3-2-4-6-11/h7,9,11H,2-6,8H2,1H3,(H,15,16). The largest absolute Gasteiger partial charge is 0.370 e. The lowest BCUT2D eigenvalue weighted by atomic mass is 9.89. The van der Waals surface area contributed by atoms with Crippen molar-refractivity contribution in [3.63, 3.8) is 0 Å². The molecule has 1 aliphatic rings. The van der Waals surface area contributed by atoms with E-state index in [-0.39, 0.29) is 0 Å². The van der Waals surface area contributed by atoms with Crippen LogP contribution in [0.3, 0.4) is 0 Å². The lowest BCUT2D eigenvalue weighted by Gasteiger charge is -2.22. The molecule has 0 spiro atoms. The zero-order valence-electron chi connectivity index (χ0n) is 9.80. The number of nitrogens with one attached hydrogen (secondary N) is 1. The number of rotatable bonds is 3. The van der Waals surface area contributed by atoms with E-state index in [1.807, 2.05) is 13.0 Å². The Morgan fingerprint density at radius 2 is 2.12 bits per heavy atom. The van der Waals surface area contributed by atoms with Gasteiger partial charge in [0.05, 0.1) is 5.02 Å². The lowest BCUT2D eigenvalue weighted by Crippen LogP contribution is -2.17. The molecule has 1 aromatic heterocycles. The van der Waals surface area contributed by atoms with E-state index in [0.717, 1.165) is 28.9 Å². The fraction of sp³-hybridized carbons (Fsp3) is 0.615. The second kappa shape index (κ2) is 5.53. The number of halogens is 1. The van der Waals surface area contributed by atoms with Crippen molar-refractivity contribution < 1.29 is 0 Å². The smallest absolute Gasteiger partial charge is 0.126 e. The summed E-state index contributed by atoms with van der Waals surface area (Å²) in [5.74, 6) is 1.78. The summed E-state index contributed by atoms with van der Waals surface area (Å²) < 4.78 is 0. The van der Waals surface area contributed by atoms with E-state index >= 15 is 0 Å². The summed E-state index contributed by atoms with van der Waals surface area (Å²) in [6.45, 7) is 3.06. The van der Waals surface area contributed by atoms with Gasteiger partial charge in [-0.15, -0.1) is 0 Å². The second-order valence-corrected chi connectivity index (χ2v) is 5.11. The highest BCUT2D eigenvalue weighted by Crippen LogP contribution is 2.24. The minimum Gasteiger partial charge on any atom is -0.370 e.